The lowest BCUT2D eigenvalue weighted by Gasteiger charge is -2.06. The van der Waals surface area contributed by atoms with E-state index in [2.05, 4.69) is 9.97 Å². The monoisotopic (exact) mass is 186 g/mol. The Morgan fingerprint density at radius 1 is 0.929 bits per heavy atom. The average molecular weight is 186 g/mol. The van der Waals surface area contributed by atoms with E-state index in [0.29, 0.717) is 11.5 Å². The molecule has 0 aliphatic carbocycles. The molecule has 4 N–H and O–H groups in total. The molecule has 0 aliphatic heterocycles. The maximum Gasteiger partial charge on any atom is 0.147 e. The first-order chi connectivity index (χ1) is 6.79. The minimum atomic E-state index is 0.360. The molecule has 0 fully saturated rings. The Bertz CT molecular complexity index is 439. The van der Waals surface area contributed by atoms with Crippen molar-refractivity contribution in [2.75, 3.05) is 11.5 Å². The number of aromatic nitrogens is 2. The van der Waals surface area contributed by atoms with Crippen LogP contribution in [0.25, 0.3) is 11.1 Å². The van der Waals surface area contributed by atoms with E-state index in [1.54, 1.807) is 18.6 Å². The van der Waals surface area contributed by atoms with E-state index in [9.17, 15) is 0 Å². The molecule has 2 heterocycles. The highest BCUT2D eigenvalue weighted by Gasteiger charge is 2.04. The molecule has 0 atom stereocenters. The zero-order valence-corrected chi connectivity index (χ0v) is 7.51. The van der Waals surface area contributed by atoms with Crippen LogP contribution in [0, 0.1) is 0 Å². The molecule has 2 rings (SSSR count). The standard InChI is InChI=1S/C10H10N4/c11-9-8(3-6-14-10(9)12)7-1-4-13-5-2-7/h1-6H,11H2,(H2,12,14). The molecule has 0 aromatic carbocycles. The Labute approximate surface area is 81.6 Å². The van der Waals surface area contributed by atoms with Crippen LogP contribution < -0.4 is 11.5 Å². The summed E-state index contributed by atoms with van der Waals surface area (Å²) in [6.07, 6.45) is 5.07. The summed E-state index contributed by atoms with van der Waals surface area (Å²) in [7, 11) is 0. The molecular weight excluding hydrogens is 176 g/mol. The number of pyridine rings is 2. The van der Waals surface area contributed by atoms with Gasteiger partial charge in [-0.05, 0) is 23.8 Å². The van der Waals surface area contributed by atoms with Gasteiger partial charge in [-0.1, -0.05) is 0 Å². The zero-order valence-electron chi connectivity index (χ0n) is 7.51. The van der Waals surface area contributed by atoms with Gasteiger partial charge < -0.3 is 11.5 Å². The maximum atomic E-state index is 5.81. The predicted octanol–water partition coefficient (Wildman–Crippen LogP) is 1.31. The van der Waals surface area contributed by atoms with Gasteiger partial charge in [-0.3, -0.25) is 4.98 Å². The van der Waals surface area contributed by atoms with Crippen LogP contribution in [0.3, 0.4) is 0 Å². The first-order valence-corrected chi connectivity index (χ1v) is 4.19. The summed E-state index contributed by atoms with van der Waals surface area (Å²) in [5.74, 6) is 0.360. The van der Waals surface area contributed by atoms with E-state index < -0.39 is 0 Å². The number of nitrogens with zero attached hydrogens (tertiary/aromatic N) is 2. The van der Waals surface area contributed by atoms with Crippen LogP contribution >= 0.6 is 0 Å². The van der Waals surface area contributed by atoms with Crippen LogP contribution in [0.2, 0.25) is 0 Å². The fourth-order valence-corrected chi connectivity index (χ4v) is 1.27. The van der Waals surface area contributed by atoms with Gasteiger partial charge >= 0.3 is 0 Å². The second-order valence-electron chi connectivity index (χ2n) is 2.89. The number of nitrogen functional groups attached to an aromatic ring is 2. The molecule has 4 nitrogen and oxygen atoms in total. The van der Waals surface area contributed by atoms with E-state index in [-0.39, 0.29) is 0 Å². The smallest absolute Gasteiger partial charge is 0.147 e. The van der Waals surface area contributed by atoms with E-state index in [4.69, 9.17) is 11.5 Å². The van der Waals surface area contributed by atoms with E-state index >= 15 is 0 Å². The number of nitrogens with two attached hydrogens (primary N) is 2. The van der Waals surface area contributed by atoms with Gasteiger partial charge in [0.1, 0.15) is 5.82 Å². The maximum absolute atomic E-state index is 5.81. The van der Waals surface area contributed by atoms with Crippen molar-refractivity contribution >= 4 is 11.5 Å². The molecule has 14 heavy (non-hydrogen) atoms. The van der Waals surface area contributed by atoms with Crippen LogP contribution in [0.5, 0.6) is 0 Å². The minimum Gasteiger partial charge on any atom is -0.395 e. The number of rotatable bonds is 1. The van der Waals surface area contributed by atoms with Crippen molar-refractivity contribution in [2.24, 2.45) is 0 Å². The largest absolute Gasteiger partial charge is 0.395 e. The van der Waals surface area contributed by atoms with Crippen molar-refractivity contribution in [3.63, 3.8) is 0 Å². The third-order valence-corrected chi connectivity index (χ3v) is 2.01. The highest BCUT2D eigenvalue weighted by Crippen LogP contribution is 2.27. The van der Waals surface area contributed by atoms with Gasteiger partial charge in [-0.15, -0.1) is 0 Å². The van der Waals surface area contributed by atoms with E-state index in [1.165, 1.54) is 0 Å². The molecule has 0 radical (unpaired) electrons. The van der Waals surface area contributed by atoms with E-state index in [1.807, 2.05) is 18.2 Å². The second kappa shape index (κ2) is 3.33. The van der Waals surface area contributed by atoms with Gasteiger partial charge in [0.05, 0.1) is 5.69 Å². The predicted molar refractivity (Wildman–Crippen MR) is 56.3 cm³/mol. The summed E-state index contributed by atoms with van der Waals surface area (Å²) in [6, 6.07) is 5.59. The Morgan fingerprint density at radius 2 is 1.64 bits per heavy atom. The summed E-state index contributed by atoms with van der Waals surface area (Å²) >= 11 is 0. The van der Waals surface area contributed by atoms with Crippen molar-refractivity contribution in [2.45, 2.75) is 0 Å². The fourth-order valence-electron chi connectivity index (χ4n) is 1.27. The molecule has 0 spiro atoms. The Morgan fingerprint density at radius 3 is 2.36 bits per heavy atom. The quantitative estimate of drug-likeness (QED) is 0.703. The van der Waals surface area contributed by atoms with Gasteiger partial charge in [-0.2, -0.15) is 0 Å². The molecule has 2 aromatic heterocycles. The molecule has 0 unspecified atom stereocenters. The summed E-state index contributed by atoms with van der Waals surface area (Å²) in [6.45, 7) is 0. The number of hydrogen-bond acceptors (Lipinski definition) is 4. The lowest BCUT2D eigenvalue weighted by molar-refractivity contribution is 1.31. The molecular formula is C10H10N4. The van der Waals surface area contributed by atoms with Crippen molar-refractivity contribution in [3.8, 4) is 11.1 Å². The van der Waals surface area contributed by atoms with Gasteiger partial charge in [-0.25, -0.2) is 4.98 Å². The molecule has 0 amide bonds. The van der Waals surface area contributed by atoms with Crippen LogP contribution in [0.4, 0.5) is 11.5 Å². The van der Waals surface area contributed by atoms with Crippen LogP contribution in [0.1, 0.15) is 0 Å². The first kappa shape index (κ1) is 8.50. The molecule has 0 saturated heterocycles. The molecule has 2 aromatic rings. The Balaban J connectivity index is 2.58. The first-order valence-electron chi connectivity index (χ1n) is 4.19. The van der Waals surface area contributed by atoms with Gasteiger partial charge in [0.2, 0.25) is 0 Å². The summed E-state index contributed by atoms with van der Waals surface area (Å²) in [4.78, 5) is 7.84. The normalized spacial score (nSPS) is 10.0. The van der Waals surface area contributed by atoms with Gasteiger partial charge in [0, 0.05) is 24.2 Å². The van der Waals surface area contributed by atoms with Crippen molar-refractivity contribution in [1.29, 1.82) is 0 Å². The second-order valence-corrected chi connectivity index (χ2v) is 2.89. The van der Waals surface area contributed by atoms with Gasteiger partial charge in [0.15, 0.2) is 0 Å². The minimum absolute atomic E-state index is 0.360. The Hall–Kier alpha value is -2.10. The lowest BCUT2D eigenvalue weighted by atomic mass is 10.1. The molecule has 70 valence electrons. The van der Waals surface area contributed by atoms with Crippen molar-refractivity contribution < 1.29 is 0 Å². The summed E-state index contributed by atoms with van der Waals surface area (Å²) in [5.41, 5.74) is 13.8. The highest BCUT2D eigenvalue weighted by atomic mass is 14.9. The van der Waals surface area contributed by atoms with Crippen molar-refractivity contribution in [3.05, 3.63) is 36.8 Å². The third kappa shape index (κ3) is 1.37. The van der Waals surface area contributed by atoms with Crippen LogP contribution in [-0.4, -0.2) is 9.97 Å². The highest BCUT2D eigenvalue weighted by molar-refractivity contribution is 5.81. The number of hydrogen-bond donors (Lipinski definition) is 2. The number of anilines is 2. The third-order valence-electron chi connectivity index (χ3n) is 2.01. The lowest BCUT2D eigenvalue weighted by Crippen LogP contribution is -1.99. The van der Waals surface area contributed by atoms with Crippen LogP contribution in [0.15, 0.2) is 36.8 Å². The topological polar surface area (TPSA) is 77.8 Å². The summed E-state index contributed by atoms with van der Waals surface area (Å²) < 4.78 is 0. The Kier molecular flexibility index (Phi) is 2.02. The van der Waals surface area contributed by atoms with Crippen molar-refractivity contribution in [1.82, 2.24) is 9.97 Å². The molecule has 0 bridgehead atoms. The average Bonchev–Trinajstić information content (AvgIpc) is 2.23. The molecule has 0 saturated carbocycles. The zero-order chi connectivity index (χ0) is 9.97. The molecule has 4 heteroatoms. The van der Waals surface area contributed by atoms with Crippen LogP contribution in [-0.2, 0) is 0 Å². The molecule has 0 aliphatic rings. The SMILES string of the molecule is Nc1nccc(-c2ccncc2)c1N. The van der Waals surface area contributed by atoms with Gasteiger partial charge in [0.25, 0.3) is 0 Å². The fraction of sp³-hybridized carbons (Fsp3) is 0. The van der Waals surface area contributed by atoms with E-state index in [0.717, 1.165) is 11.1 Å². The summed E-state index contributed by atoms with van der Waals surface area (Å²) in [5, 5.41) is 0.